The molecule has 0 aliphatic carbocycles. The maximum Gasteiger partial charge on any atom is 0.130 e. The molecule has 0 spiro atoms. The molecule has 86 valence electrons. The van der Waals surface area contributed by atoms with E-state index in [1.54, 1.807) is 6.92 Å². The molecular weight excluding hydrogens is 202 g/mol. The largest absolute Gasteiger partial charge is 0.396 e. The Kier molecular flexibility index (Phi) is 5.26. The summed E-state index contributed by atoms with van der Waals surface area (Å²) in [6, 6.07) is 9.79. The molecule has 0 bridgehead atoms. The Hall–Kier alpha value is -1.64. The Morgan fingerprint density at radius 1 is 1.25 bits per heavy atom. The topological polar surface area (TPSA) is 38.7 Å². The van der Waals surface area contributed by atoms with Gasteiger partial charge in [-0.05, 0) is 19.4 Å². The summed E-state index contributed by atoms with van der Waals surface area (Å²) >= 11 is 0. The van der Waals surface area contributed by atoms with E-state index in [9.17, 15) is 4.79 Å². The molecule has 1 aromatic rings. The van der Waals surface area contributed by atoms with E-state index < -0.39 is 0 Å². The Balaban J connectivity index is 2.75. The zero-order valence-corrected chi connectivity index (χ0v) is 9.77. The summed E-state index contributed by atoms with van der Waals surface area (Å²) in [5, 5.41) is 4.05. The van der Waals surface area contributed by atoms with Crippen molar-refractivity contribution < 1.29 is 9.63 Å². The highest BCUT2D eigenvalue weighted by molar-refractivity contribution is 6.01. The first-order valence-corrected chi connectivity index (χ1v) is 5.47. The van der Waals surface area contributed by atoms with Crippen LogP contribution in [0.25, 0.3) is 0 Å². The summed E-state index contributed by atoms with van der Waals surface area (Å²) in [5.41, 5.74) is 1.84. The average Bonchev–Trinajstić information content (AvgIpc) is 2.30. The van der Waals surface area contributed by atoms with Gasteiger partial charge in [-0.25, -0.2) is 0 Å². The van der Waals surface area contributed by atoms with Crippen molar-refractivity contribution in [2.45, 2.75) is 26.7 Å². The van der Waals surface area contributed by atoms with E-state index in [0.29, 0.717) is 19.4 Å². The van der Waals surface area contributed by atoms with Gasteiger partial charge in [0.25, 0.3) is 0 Å². The Bertz CT molecular complexity index is 357. The van der Waals surface area contributed by atoms with Crippen LogP contribution in [0.3, 0.4) is 0 Å². The van der Waals surface area contributed by atoms with E-state index in [1.165, 1.54) is 0 Å². The molecule has 1 rings (SSSR count). The van der Waals surface area contributed by atoms with E-state index in [4.69, 9.17) is 4.84 Å². The van der Waals surface area contributed by atoms with E-state index in [1.807, 2.05) is 37.3 Å². The maximum atomic E-state index is 11.0. The lowest BCUT2D eigenvalue weighted by molar-refractivity contribution is -0.116. The van der Waals surface area contributed by atoms with Crippen LogP contribution in [0.4, 0.5) is 0 Å². The highest BCUT2D eigenvalue weighted by atomic mass is 16.6. The van der Waals surface area contributed by atoms with Gasteiger partial charge in [0.2, 0.25) is 0 Å². The molecule has 0 fully saturated rings. The Labute approximate surface area is 96.1 Å². The van der Waals surface area contributed by atoms with Gasteiger partial charge in [0.15, 0.2) is 0 Å². The van der Waals surface area contributed by atoms with Crippen LogP contribution in [0.15, 0.2) is 35.5 Å². The van der Waals surface area contributed by atoms with Crippen molar-refractivity contribution in [3.63, 3.8) is 0 Å². The number of carbonyl (C=O) groups excluding carboxylic acids is 1. The number of benzene rings is 1. The molecule has 0 radical (unpaired) electrons. The molecule has 0 N–H and O–H groups in total. The van der Waals surface area contributed by atoms with Crippen LogP contribution in [0.2, 0.25) is 0 Å². The predicted octanol–water partition coefficient (Wildman–Crippen LogP) is 2.80. The van der Waals surface area contributed by atoms with Crippen LogP contribution < -0.4 is 0 Å². The number of nitrogens with zero attached hydrogens (tertiary/aromatic N) is 1. The van der Waals surface area contributed by atoms with E-state index in [2.05, 4.69) is 5.16 Å². The molecular formula is C13H17NO2. The SMILES string of the molecule is CCON=C(CCC(C)=O)c1ccccc1. The second-order valence-corrected chi connectivity index (χ2v) is 3.52. The minimum atomic E-state index is 0.167. The van der Waals surface area contributed by atoms with Crippen molar-refractivity contribution in [2.75, 3.05) is 6.61 Å². The first-order valence-electron chi connectivity index (χ1n) is 5.47. The molecule has 0 unspecified atom stereocenters. The van der Waals surface area contributed by atoms with Crippen LogP contribution >= 0.6 is 0 Å². The highest BCUT2D eigenvalue weighted by Crippen LogP contribution is 2.07. The van der Waals surface area contributed by atoms with Gasteiger partial charge in [-0.1, -0.05) is 35.5 Å². The van der Waals surface area contributed by atoms with Crippen molar-refractivity contribution in [1.29, 1.82) is 0 Å². The molecule has 0 atom stereocenters. The van der Waals surface area contributed by atoms with E-state index in [-0.39, 0.29) is 5.78 Å². The van der Waals surface area contributed by atoms with Crippen LogP contribution in [0.1, 0.15) is 32.3 Å². The smallest absolute Gasteiger partial charge is 0.130 e. The molecule has 16 heavy (non-hydrogen) atoms. The molecule has 0 saturated heterocycles. The lowest BCUT2D eigenvalue weighted by Gasteiger charge is -2.05. The zero-order chi connectivity index (χ0) is 11.8. The van der Waals surface area contributed by atoms with E-state index in [0.717, 1.165) is 11.3 Å². The molecule has 3 heteroatoms. The fourth-order valence-electron chi connectivity index (χ4n) is 1.31. The predicted molar refractivity (Wildman–Crippen MR) is 64.5 cm³/mol. The summed E-state index contributed by atoms with van der Waals surface area (Å²) in [7, 11) is 0. The van der Waals surface area contributed by atoms with Crippen molar-refractivity contribution >= 4 is 11.5 Å². The number of oxime groups is 1. The van der Waals surface area contributed by atoms with Crippen molar-refractivity contribution in [3.05, 3.63) is 35.9 Å². The van der Waals surface area contributed by atoms with Gasteiger partial charge in [0.05, 0.1) is 5.71 Å². The number of carbonyl (C=O) groups is 1. The number of hydrogen-bond acceptors (Lipinski definition) is 3. The highest BCUT2D eigenvalue weighted by Gasteiger charge is 2.05. The van der Waals surface area contributed by atoms with Crippen LogP contribution in [-0.4, -0.2) is 18.1 Å². The monoisotopic (exact) mass is 219 g/mol. The van der Waals surface area contributed by atoms with Crippen LogP contribution in [0.5, 0.6) is 0 Å². The minimum absolute atomic E-state index is 0.167. The molecule has 0 aliphatic heterocycles. The van der Waals surface area contributed by atoms with Crippen LogP contribution in [-0.2, 0) is 9.63 Å². The third kappa shape index (κ3) is 4.26. The number of Topliss-reactive ketones (excluding diaryl/α,β-unsaturated/α-hetero) is 1. The summed E-state index contributed by atoms with van der Waals surface area (Å²) in [6.45, 7) is 4.01. The average molecular weight is 219 g/mol. The maximum absolute atomic E-state index is 11.0. The molecule has 0 aromatic heterocycles. The second kappa shape index (κ2) is 6.77. The molecule has 0 amide bonds. The van der Waals surface area contributed by atoms with Crippen molar-refractivity contribution in [2.24, 2.45) is 5.16 Å². The fourth-order valence-corrected chi connectivity index (χ4v) is 1.31. The lowest BCUT2D eigenvalue weighted by Crippen LogP contribution is -2.05. The third-order valence-corrected chi connectivity index (χ3v) is 2.12. The molecule has 0 aliphatic rings. The normalized spacial score (nSPS) is 11.2. The standard InChI is InChI=1S/C13H17NO2/c1-3-16-14-13(10-9-11(2)15)12-7-5-4-6-8-12/h4-8H,3,9-10H2,1-2H3. The first-order chi connectivity index (χ1) is 7.74. The second-order valence-electron chi connectivity index (χ2n) is 3.52. The number of ketones is 1. The molecule has 1 aromatic carbocycles. The van der Waals surface area contributed by atoms with Gasteiger partial charge in [-0.15, -0.1) is 0 Å². The molecule has 3 nitrogen and oxygen atoms in total. The van der Waals surface area contributed by atoms with Gasteiger partial charge in [0.1, 0.15) is 12.4 Å². The molecule has 0 saturated carbocycles. The molecule has 0 heterocycles. The van der Waals surface area contributed by atoms with Gasteiger partial charge in [0, 0.05) is 12.8 Å². The van der Waals surface area contributed by atoms with Gasteiger partial charge in [-0.3, -0.25) is 0 Å². The number of hydrogen-bond donors (Lipinski definition) is 0. The third-order valence-electron chi connectivity index (χ3n) is 2.12. The van der Waals surface area contributed by atoms with Gasteiger partial charge in [-0.2, -0.15) is 0 Å². The van der Waals surface area contributed by atoms with Gasteiger partial charge < -0.3 is 9.63 Å². The summed E-state index contributed by atoms with van der Waals surface area (Å²) in [6.07, 6.45) is 1.13. The van der Waals surface area contributed by atoms with Crippen LogP contribution in [0, 0.1) is 0 Å². The summed E-state index contributed by atoms with van der Waals surface area (Å²) in [5.74, 6) is 0.167. The quantitative estimate of drug-likeness (QED) is 0.545. The summed E-state index contributed by atoms with van der Waals surface area (Å²) in [4.78, 5) is 16.0. The zero-order valence-electron chi connectivity index (χ0n) is 9.77. The van der Waals surface area contributed by atoms with Crippen molar-refractivity contribution in [3.8, 4) is 0 Å². The Morgan fingerprint density at radius 3 is 2.50 bits per heavy atom. The van der Waals surface area contributed by atoms with Gasteiger partial charge >= 0.3 is 0 Å². The Morgan fingerprint density at radius 2 is 1.94 bits per heavy atom. The van der Waals surface area contributed by atoms with E-state index >= 15 is 0 Å². The number of rotatable bonds is 6. The first kappa shape index (κ1) is 12.4. The fraction of sp³-hybridized carbons (Fsp3) is 0.385. The summed E-state index contributed by atoms with van der Waals surface area (Å²) < 4.78 is 0. The lowest BCUT2D eigenvalue weighted by atomic mass is 10.0. The van der Waals surface area contributed by atoms with Crippen molar-refractivity contribution in [1.82, 2.24) is 0 Å². The minimum Gasteiger partial charge on any atom is -0.396 e.